The first-order chi connectivity index (χ1) is 10.0. The largest absolute Gasteiger partial charge is 0.550 e. The Morgan fingerprint density at radius 3 is 2.38 bits per heavy atom. The van der Waals surface area contributed by atoms with E-state index in [1.165, 1.54) is 0 Å². The third-order valence-corrected chi connectivity index (χ3v) is 3.91. The second-order valence-electron chi connectivity index (χ2n) is 5.71. The van der Waals surface area contributed by atoms with E-state index in [4.69, 9.17) is 0 Å². The normalized spacial score (nSPS) is 21.3. The molecule has 112 valence electrons. The summed E-state index contributed by atoms with van der Waals surface area (Å²) in [5, 5.41) is 14.1. The molecule has 0 saturated carbocycles. The minimum atomic E-state index is -1.16. The third-order valence-electron chi connectivity index (χ3n) is 3.91. The van der Waals surface area contributed by atoms with Crippen molar-refractivity contribution in [3.05, 3.63) is 42.0 Å². The SMILES string of the molecule is CC(C)c1ccccc1NC(=O)[C@H]1CC=CC[C@@H]1C(=O)[O-]. The molecule has 0 radical (unpaired) electrons. The molecule has 2 rings (SSSR count). The van der Waals surface area contributed by atoms with Crippen molar-refractivity contribution < 1.29 is 14.7 Å². The van der Waals surface area contributed by atoms with Crippen LogP contribution in [0.5, 0.6) is 0 Å². The van der Waals surface area contributed by atoms with Gasteiger partial charge in [0.05, 0.1) is 5.92 Å². The van der Waals surface area contributed by atoms with Crippen molar-refractivity contribution in [3.8, 4) is 0 Å². The van der Waals surface area contributed by atoms with Crippen molar-refractivity contribution in [1.82, 2.24) is 0 Å². The van der Waals surface area contributed by atoms with Crippen LogP contribution < -0.4 is 10.4 Å². The molecule has 0 unspecified atom stereocenters. The highest BCUT2D eigenvalue weighted by Gasteiger charge is 2.30. The van der Waals surface area contributed by atoms with Gasteiger partial charge in [-0.15, -0.1) is 0 Å². The highest BCUT2D eigenvalue weighted by Crippen LogP contribution is 2.29. The zero-order valence-electron chi connectivity index (χ0n) is 12.3. The number of aliphatic carboxylic acids is 1. The van der Waals surface area contributed by atoms with Crippen molar-refractivity contribution in [2.24, 2.45) is 11.8 Å². The molecule has 1 aliphatic rings. The van der Waals surface area contributed by atoms with E-state index >= 15 is 0 Å². The number of carbonyl (C=O) groups excluding carboxylic acids is 2. The van der Waals surface area contributed by atoms with Crippen LogP contribution in [0.4, 0.5) is 5.69 Å². The van der Waals surface area contributed by atoms with Gasteiger partial charge in [0.2, 0.25) is 5.91 Å². The van der Waals surface area contributed by atoms with Crippen LogP contribution in [-0.4, -0.2) is 11.9 Å². The summed E-state index contributed by atoms with van der Waals surface area (Å²) >= 11 is 0. The van der Waals surface area contributed by atoms with Crippen LogP contribution in [0, 0.1) is 11.8 Å². The van der Waals surface area contributed by atoms with Gasteiger partial charge in [0.1, 0.15) is 0 Å². The zero-order valence-corrected chi connectivity index (χ0v) is 12.3. The van der Waals surface area contributed by atoms with Gasteiger partial charge in [-0.1, -0.05) is 44.2 Å². The lowest BCUT2D eigenvalue weighted by Crippen LogP contribution is -2.41. The number of carbonyl (C=O) groups is 2. The molecule has 0 bridgehead atoms. The van der Waals surface area contributed by atoms with E-state index in [0.717, 1.165) is 11.3 Å². The second-order valence-corrected chi connectivity index (χ2v) is 5.71. The van der Waals surface area contributed by atoms with Crippen LogP contribution in [-0.2, 0) is 9.59 Å². The van der Waals surface area contributed by atoms with Crippen molar-refractivity contribution in [2.75, 3.05) is 5.32 Å². The molecular formula is C17H20NO3-. The molecule has 21 heavy (non-hydrogen) atoms. The average Bonchev–Trinajstić information content (AvgIpc) is 2.47. The number of hydrogen-bond donors (Lipinski definition) is 1. The summed E-state index contributed by atoms with van der Waals surface area (Å²) in [4.78, 5) is 23.6. The third kappa shape index (κ3) is 3.51. The lowest BCUT2D eigenvalue weighted by Gasteiger charge is -2.28. The van der Waals surface area contributed by atoms with E-state index in [1.54, 1.807) is 6.08 Å². The first-order valence-corrected chi connectivity index (χ1v) is 7.26. The Morgan fingerprint density at radius 2 is 1.76 bits per heavy atom. The Hall–Kier alpha value is -2.10. The van der Waals surface area contributed by atoms with Crippen molar-refractivity contribution in [3.63, 3.8) is 0 Å². The molecule has 4 nitrogen and oxygen atoms in total. The minimum Gasteiger partial charge on any atom is -0.550 e. The summed E-state index contributed by atoms with van der Waals surface area (Å²) in [5.41, 5.74) is 1.80. The van der Waals surface area contributed by atoms with Crippen LogP contribution >= 0.6 is 0 Å². The number of para-hydroxylation sites is 1. The van der Waals surface area contributed by atoms with Gasteiger partial charge in [0, 0.05) is 17.6 Å². The number of amides is 1. The highest BCUT2D eigenvalue weighted by molar-refractivity contribution is 5.95. The molecule has 0 aliphatic heterocycles. The Labute approximate surface area is 124 Å². The van der Waals surface area contributed by atoms with E-state index in [1.807, 2.05) is 30.3 Å². The maximum Gasteiger partial charge on any atom is 0.228 e. The fourth-order valence-electron chi connectivity index (χ4n) is 2.70. The number of carboxylic acids is 1. The lowest BCUT2D eigenvalue weighted by molar-refractivity contribution is -0.313. The Morgan fingerprint density at radius 1 is 1.14 bits per heavy atom. The fourth-order valence-corrected chi connectivity index (χ4v) is 2.70. The number of carboxylic acid groups (broad SMARTS) is 1. The summed E-state index contributed by atoms with van der Waals surface area (Å²) in [6.07, 6.45) is 4.45. The molecule has 1 aromatic carbocycles. The Kier molecular flexibility index (Phi) is 4.78. The monoisotopic (exact) mass is 286 g/mol. The molecule has 1 aliphatic carbocycles. The number of allylic oxidation sites excluding steroid dienone is 2. The molecule has 2 atom stereocenters. The maximum atomic E-state index is 12.4. The number of hydrogen-bond acceptors (Lipinski definition) is 3. The lowest BCUT2D eigenvalue weighted by atomic mass is 9.82. The number of benzene rings is 1. The predicted octanol–water partition coefficient (Wildman–Crippen LogP) is 2.08. The molecule has 4 heteroatoms. The second kappa shape index (κ2) is 6.57. The van der Waals surface area contributed by atoms with Gasteiger partial charge in [0.15, 0.2) is 0 Å². The van der Waals surface area contributed by atoms with Crippen LogP contribution in [0.15, 0.2) is 36.4 Å². The predicted molar refractivity (Wildman–Crippen MR) is 79.5 cm³/mol. The smallest absolute Gasteiger partial charge is 0.228 e. The summed E-state index contributed by atoms with van der Waals surface area (Å²) in [6.45, 7) is 4.11. The van der Waals surface area contributed by atoms with Crippen LogP contribution in [0.25, 0.3) is 0 Å². The molecule has 1 N–H and O–H groups in total. The standard InChI is InChI=1S/C17H21NO3/c1-11(2)12-7-5-6-10-15(12)18-16(19)13-8-3-4-9-14(13)17(20)21/h3-7,10-11,13-14H,8-9H2,1-2H3,(H,18,19)(H,20,21)/p-1/t13-,14-/m0/s1. The van der Waals surface area contributed by atoms with E-state index in [-0.39, 0.29) is 11.8 Å². The summed E-state index contributed by atoms with van der Waals surface area (Å²) < 4.78 is 0. The molecular weight excluding hydrogens is 266 g/mol. The average molecular weight is 286 g/mol. The first kappa shape index (κ1) is 15.3. The number of rotatable bonds is 4. The van der Waals surface area contributed by atoms with Crippen LogP contribution in [0.2, 0.25) is 0 Å². The zero-order chi connectivity index (χ0) is 15.4. The van der Waals surface area contributed by atoms with Gasteiger partial charge in [-0.3, -0.25) is 4.79 Å². The summed E-state index contributed by atoms with van der Waals surface area (Å²) in [6, 6.07) is 7.61. The molecule has 0 saturated heterocycles. The molecule has 1 amide bonds. The van der Waals surface area contributed by atoms with Crippen molar-refractivity contribution in [1.29, 1.82) is 0 Å². The molecule has 1 aromatic rings. The maximum absolute atomic E-state index is 12.4. The van der Waals surface area contributed by atoms with Gasteiger partial charge in [-0.2, -0.15) is 0 Å². The van der Waals surface area contributed by atoms with E-state index in [2.05, 4.69) is 19.2 Å². The molecule has 0 fully saturated rings. The Balaban J connectivity index is 2.18. The van der Waals surface area contributed by atoms with E-state index < -0.39 is 17.8 Å². The molecule has 0 heterocycles. The molecule has 0 aromatic heterocycles. The topological polar surface area (TPSA) is 69.2 Å². The number of anilines is 1. The van der Waals surface area contributed by atoms with Gasteiger partial charge in [0.25, 0.3) is 0 Å². The van der Waals surface area contributed by atoms with Crippen molar-refractivity contribution >= 4 is 17.6 Å². The van der Waals surface area contributed by atoms with Gasteiger partial charge in [-0.25, -0.2) is 0 Å². The van der Waals surface area contributed by atoms with Gasteiger partial charge >= 0.3 is 0 Å². The number of nitrogens with one attached hydrogen (secondary N) is 1. The van der Waals surface area contributed by atoms with Gasteiger partial charge in [-0.05, 0) is 30.4 Å². The molecule has 0 spiro atoms. The quantitative estimate of drug-likeness (QED) is 0.862. The van der Waals surface area contributed by atoms with Crippen molar-refractivity contribution in [2.45, 2.75) is 32.6 Å². The first-order valence-electron chi connectivity index (χ1n) is 7.26. The summed E-state index contributed by atoms with van der Waals surface area (Å²) in [7, 11) is 0. The summed E-state index contributed by atoms with van der Waals surface area (Å²) in [5.74, 6) is -2.44. The highest BCUT2D eigenvalue weighted by atomic mass is 16.4. The van der Waals surface area contributed by atoms with E-state index in [9.17, 15) is 14.7 Å². The fraction of sp³-hybridized carbons (Fsp3) is 0.412. The Bertz CT molecular complexity index is 563. The van der Waals surface area contributed by atoms with Gasteiger partial charge < -0.3 is 15.2 Å². The minimum absolute atomic E-state index is 0.248. The van der Waals surface area contributed by atoms with Crippen LogP contribution in [0.3, 0.4) is 0 Å². The van der Waals surface area contributed by atoms with Crippen LogP contribution in [0.1, 0.15) is 38.2 Å². The van der Waals surface area contributed by atoms with E-state index in [0.29, 0.717) is 12.8 Å².